The van der Waals surface area contributed by atoms with Crippen LogP contribution in [0.15, 0.2) is 65.7 Å². The zero-order valence-electron chi connectivity index (χ0n) is 40.3. The molecule has 0 radical (unpaired) electrons. The van der Waals surface area contributed by atoms with E-state index in [1.807, 2.05) is 18.2 Å². The fourth-order valence-electron chi connectivity index (χ4n) is 11.4. The van der Waals surface area contributed by atoms with Crippen molar-refractivity contribution in [1.29, 1.82) is 10.8 Å². The summed E-state index contributed by atoms with van der Waals surface area (Å²) in [6.45, 7) is 13.3. The molecule has 17 nitrogen and oxygen atoms in total. The maximum absolute atomic E-state index is 14.7. The number of fused-ring (bicyclic) bond motifs is 2. The molecule has 6 aliphatic rings. The average molecular weight is 981 g/mol. The molecule has 0 aliphatic carbocycles. The molecule has 4 aromatic rings. The molecule has 71 heavy (non-hydrogen) atoms. The topological polar surface area (TPSA) is 169 Å². The molecule has 5 saturated heterocycles. The van der Waals surface area contributed by atoms with E-state index >= 15 is 0 Å². The lowest BCUT2D eigenvalue weighted by atomic mass is 9.75. The molecule has 0 bridgehead atoms. The number of nitrogens with zero attached hydrogens (tertiary/aromatic N) is 9. The second-order valence-corrected chi connectivity index (χ2v) is 20.4. The highest BCUT2D eigenvalue weighted by atomic mass is 19.4. The molecule has 5 fully saturated rings. The summed E-state index contributed by atoms with van der Waals surface area (Å²) in [5.41, 5.74) is 2.11. The van der Waals surface area contributed by atoms with Gasteiger partial charge in [0.1, 0.15) is 11.9 Å². The number of aromatic nitrogens is 2. The minimum atomic E-state index is -4.68. The maximum Gasteiger partial charge on any atom is 0.418 e. The van der Waals surface area contributed by atoms with Gasteiger partial charge in [0, 0.05) is 134 Å². The van der Waals surface area contributed by atoms with Crippen LogP contribution >= 0.6 is 0 Å². The van der Waals surface area contributed by atoms with Crippen molar-refractivity contribution in [2.45, 2.75) is 62.8 Å². The summed E-state index contributed by atoms with van der Waals surface area (Å²) in [4.78, 5) is 66.4. The van der Waals surface area contributed by atoms with E-state index in [1.54, 1.807) is 36.3 Å². The predicted octanol–water partition coefficient (Wildman–Crippen LogP) is 3.70. The Morgan fingerprint density at radius 2 is 1.55 bits per heavy atom. The summed E-state index contributed by atoms with van der Waals surface area (Å²) in [5.74, 6) is 0.0448. The second-order valence-electron chi connectivity index (χ2n) is 20.4. The highest BCUT2D eigenvalue weighted by molar-refractivity contribution is 6.05. The van der Waals surface area contributed by atoms with Crippen LogP contribution in [0.3, 0.4) is 0 Å². The van der Waals surface area contributed by atoms with Gasteiger partial charge in [0.05, 0.1) is 36.3 Å². The van der Waals surface area contributed by atoms with Gasteiger partial charge in [-0.05, 0) is 91.4 Å². The van der Waals surface area contributed by atoms with Crippen molar-refractivity contribution < 1.29 is 32.3 Å². The summed E-state index contributed by atoms with van der Waals surface area (Å²) in [6, 6.07) is 13.7. The fourth-order valence-corrected chi connectivity index (χ4v) is 11.4. The number of imide groups is 1. The minimum absolute atomic E-state index is 0.151. The Labute approximate surface area is 410 Å². The number of piperazine rings is 2. The van der Waals surface area contributed by atoms with E-state index in [1.165, 1.54) is 21.7 Å². The van der Waals surface area contributed by atoms with Crippen LogP contribution in [0.1, 0.15) is 64.7 Å². The van der Waals surface area contributed by atoms with E-state index in [0.29, 0.717) is 75.0 Å². The normalized spacial score (nSPS) is 21.9. The van der Waals surface area contributed by atoms with Gasteiger partial charge in [-0.1, -0.05) is 12.1 Å². The zero-order valence-corrected chi connectivity index (χ0v) is 40.3. The third-order valence-corrected chi connectivity index (χ3v) is 15.8. The molecule has 2 aromatic carbocycles. The summed E-state index contributed by atoms with van der Waals surface area (Å²) in [7, 11) is 1.63. The number of alkyl halides is 3. The second kappa shape index (κ2) is 19.9. The first-order valence-electron chi connectivity index (χ1n) is 24.9. The number of carbonyl (C=O) groups excluding carboxylic acids is 3. The van der Waals surface area contributed by atoms with Gasteiger partial charge in [-0.2, -0.15) is 13.2 Å². The van der Waals surface area contributed by atoms with Crippen LogP contribution in [0.4, 0.5) is 18.9 Å². The van der Waals surface area contributed by atoms with Crippen LogP contribution in [0, 0.1) is 16.7 Å². The van der Waals surface area contributed by atoms with Gasteiger partial charge in [-0.3, -0.25) is 54.2 Å². The Bertz CT molecular complexity index is 2750. The highest BCUT2D eigenvalue weighted by Gasteiger charge is 2.43. The smallest absolute Gasteiger partial charge is 0.379 e. The average Bonchev–Trinajstić information content (AvgIpc) is 3.86. The number of nitrogens with one attached hydrogen (secondary N) is 3. The van der Waals surface area contributed by atoms with Gasteiger partial charge in [0.25, 0.3) is 5.91 Å². The number of carbonyl (C=O) groups is 3. The van der Waals surface area contributed by atoms with E-state index in [9.17, 15) is 32.3 Å². The highest BCUT2D eigenvalue weighted by Crippen LogP contribution is 2.38. The third kappa shape index (κ3) is 10.1. The monoisotopic (exact) mass is 980 g/mol. The Balaban J connectivity index is 0.673. The minimum Gasteiger partial charge on any atom is -0.379 e. The molecule has 6 aliphatic heterocycles. The molecule has 1 atom stereocenters. The molecule has 10 rings (SSSR count). The van der Waals surface area contributed by atoms with Crippen molar-refractivity contribution in [3.8, 4) is 5.69 Å². The van der Waals surface area contributed by atoms with Gasteiger partial charge < -0.3 is 24.3 Å². The number of rotatable bonds is 14. The van der Waals surface area contributed by atoms with Gasteiger partial charge in [-0.15, -0.1) is 0 Å². The molecular weight excluding hydrogens is 918 g/mol. The van der Waals surface area contributed by atoms with E-state index in [0.717, 1.165) is 112 Å². The third-order valence-electron chi connectivity index (χ3n) is 15.8. The first-order valence-corrected chi connectivity index (χ1v) is 24.9. The van der Waals surface area contributed by atoms with Crippen LogP contribution in [0.5, 0.6) is 0 Å². The van der Waals surface area contributed by atoms with E-state index in [-0.39, 0.29) is 29.6 Å². The van der Waals surface area contributed by atoms with E-state index in [2.05, 4.69) is 35.9 Å². The SMILES string of the molecule is CN(C=N)C(=N)CC1(c2cccc(-n3cc4c(C(F)(F)F)cc(CN5CCN(CCN6CCC(CN7CCN(c8ccc9c(c8)CN([C@H]8CCC(=O)NC8=O)C9=O)CC7)CC6)CC5)cn4c3=O)c2)COC1. The van der Waals surface area contributed by atoms with Gasteiger partial charge in [0.2, 0.25) is 11.8 Å². The zero-order chi connectivity index (χ0) is 49.6. The van der Waals surface area contributed by atoms with Gasteiger partial charge >= 0.3 is 11.9 Å². The number of likely N-dealkylation sites (tertiary alicyclic amines) is 1. The molecule has 20 heteroatoms. The van der Waals surface area contributed by atoms with Crippen molar-refractivity contribution in [3.63, 3.8) is 0 Å². The largest absolute Gasteiger partial charge is 0.418 e. The molecule has 3 amide bonds. The number of hydrogen-bond donors (Lipinski definition) is 3. The first-order chi connectivity index (χ1) is 34.1. The van der Waals surface area contributed by atoms with Crippen LogP contribution in [0.25, 0.3) is 11.2 Å². The number of pyridine rings is 1. The van der Waals surface area contributed by atoms with Gasteiger partial charge in [0.15, 0.2) is 0 Å². The lowest BCUT2D eigenvalue weighted by Gasteiger charge is -2.42. The number of ether oxygens (including phenoxy) is 1. The fraction of sp³-hybridized carbons (Fsp3) is 0.529. The molecule has 378 valence electrons. The molecule has 0 saturated carbocycles. The number of imidazole rings is 1. The lowest BCUT2D eigenvalue weighted by molar-refractivity contribution is -0.137. The van der Waals surface area contributed by atoms with Crippen molar-refractivity contribution in [2.24, 2.45) is 5.92 Å². The summed E-state index contributed by atoms with van der Waals surface area (Å²) in [5, 5.41) is 18.3. The van der Waals surface area contributed by atoms with Crippen molar-refractivity contribution in [2.75, 3.05) is 110 Å². The number of benzene rings is 2. The van der Waals surface area contributed by atoms with Crippen LogP contribution in [-0.2, 0) is 39.0 Å². The first kappa shape index (κ1) is 48.7. The number of anilines is 1. The number of piperidine rings is 2. The quantitative estimate of drug-likeness (QED) is 0.0958. The standard InChI is InChI=1S/C51H63F3N12O5/c1-58(34-55)45(56)26-50(32-71-33-50)38-3-2-4-40(25-38)64-31-44-42(51(52,53)54)23-36(29-66(44)49(64)70)28-61-17-15-60(16-18-61)14-13-59-11-9-35(10-12-59)27-62-19-21-63(22-20-62)39-5-6-41-37(24-39)30-65(48(41)69)43-7-8-46(67)57-47(43)68/h2-6,23-25,29,31,34-35,43,55-56H,7-22,26-28,30,32-33H2,1H3,(H,57,67,68)/t43-/m0/s1. The van der Waals surface area contributed by atoms with E-state index < -0.39 is 34.8 Å². The number of hydrogen-bond acceptors (Lipinski definition) is 12. The van der Waals surface area contributed by atoms with Gasteiger partial charge in [-0.25, -0.2) is 4.79 Å². The van der Waals surface area contributed by atoms with E-state index in [4.69, 9.17) is 15.6 Å². The molecule has 2 aromatic heterocycles. The molecule has 8 heterocycles. The molecule has 0 unspecified atom stereocenters. The van der Waals surface area contributed by atoms with Crippen LogP contribution in [-0.4, -0.2) is 180 Å². The number of amides is 3. The number of amidine groups is 1. The predicted molar refractivity (Wildman–Crippen MR) is 261 cm³/mol. The van der Waals surface area contributed by atoms with Crippen molar-refractivity contribution in [1.82, 2.24) is 43.7 Å². The van der Waals surface area contributed by atoms with Crippen molar-refractivity contribution >= 4 is 41.1 Å². The lowest BCUT2D eigenvalue weighted by Crippen LogP contribution is -2.52. The van der Waals surface area contributed by atoms with Crippen LogP contribution in [0.2, 0.25) is 0 Å². The Kier molecular flexibility index (Phi) is 13.7. The molecule has 0 spiro atoms. The summed E-state index contributed by atoms with van der Waals surface area (Å²) < 4.78 is 51.9. The Morgan fingerprint density at radius 3 is 2.23 bits per heavy atom. The molecular formula is C51H63F3N12O5. The number of halogens is 3. The van der Waals surface area contributed by atoms with Crippen molar-refractivity contribution in [3.05, 3.63) is 99.2 Å². The summed E-state index contributed by atoms with van der Waals surface area (Å²) in [6.07, 6.45) is 2.41. The Morgan fingerprint density at radius 1 is 0.845 bits per heavy atom. The Hall–Kier alpha value is -5.93. The maximum atomic E-state index is 14.7. The molecule has 3 N–H and O–H groups in total. The van der Waals surface area contributed by atoms with Crippen LogP contribution < -0.4 is 15.9 Å². The summed E-state index contributed by atoms with van der Waals surface area (Å²) >= 11 is 0.